The first-order chi connectivity index (χ1) is 9.33. The van der Waals surface area contributed by atoms with Crippen molar-refractivity contribution in [1.29, 1.82) is 0 Å². The number of thiophene rings is 1. The smallest absolute Gasteiger partial charge is 0.191 e. The van der Waals surface area contributed by atoms with Crippen LogP contribution in [0.5, 0.6) is 0 Å². The zero-order chi connectivity index (χ0) is 13.5. The molecular formula is C12H19IN6S. The standard InChI is InChI=1S/C12H18N6S.HI/c1-3-18-9-16-17-11(18)8-15-12(13-2)14-7-10-5-4-6-19-10;/h4-6,9H,3,7-8H2,1-2H3,(H2,13,14,15);1H. The minimum absolute atomic E-state index is 0. The summed E-state index contributed by atoms with van der Waals surface area (Å²) in [4.78, 5) is 5.46. The van der Waals surface area contributed by atoms with Crippen molar-refractivity contribution < 1.29 is 0 Å². The van der Waals surface area contributed by atoms with Crippen LogP contribution in [0.15, 0.2) is 28.8 Å². The second kappa shape index (κ2) is 8.90. The van der Waals surface area contributed by atoms with Crippen molar-refractivity contribution in [1.82, 2.24) is 25.4 Å². The molecule has 0 amide bonds. The lowest BCUT2D eigenvalue weighted by molar-refractivity contribution is 0.670. The molecule has 8 heteroatoms. The molecule has 0 unspecified atom stereocenters. The first kappa shape index (κ1) is 16.9. The van der Waals surface area contributed by atoms with E-state index in [4.69, 9.17) is 0 Å². The molecule has 0 aliphatic heterocycles. The molecule has 0 aliphatic carbocycles. The Bertz CT molecular complexity index is 522. The SMILES string of the molecule is CCn1cnnc1CNC(=NC)NCc1cccs1.I. The van der Waals surface area contributed by atoms with Gasteiger partial charge in [0.05, 0.1) is 13.1 Å². The van der Waals surface area contributed by atoms with Crippen LogP contribution in [0.3, 0.4) is 0 Å². The Morgan fingerprint density at radius 1 is 1.40 bits per heavy atom. The van der Waals surface area contributed by atoms with E-state index in [0.29, 0.717) is 6.54 Å². The summed E-state index contributed by atoms with van der Waals surface area (Å²) in [6.45, 7) is 4.32. The van der Waals surface area contributed by atoms with Gasteiger partial charge in [-0.25, -0.2) is 0 Å². The minimum atomic E-state index is 0. The Morgan fingerprint density at radius 2 is 2.20 bits per heavy atom. The number of aromatic nitrogens is 3. The van der Waals surface area contributed by atoms with Gasteiger partial charge in [-0.3, -0.25) is 4.99 Å². The van der Waals surface area contributed by atoms with Gasteiger partial charge in [-0.1, -0.05) is 6.07 Å². The zero-order valence-electron chi connectivity index (χ0n) is 11.5. The zero-order valence-corrected chi connectivity index (χ0v) is 14.7. The highest BCUT2D eigenvalue weighted by Crippen LogP contribution is 2.07. The highest BCUT2D eigenvalue weighted by atomic mass is 127. The molecule has 2 N–H and O–H groups in total. The van der Waals surface area contributed by atoms with Gasteiger partial charge < -0.3 is 15.2 Å². The molecule has 20 heavy (non-hydrogen) atoms. The Hall–Kier alpha value is -1.16. The topological polar surface area (TPSA) is 67.1 Å². The Kier molecular flexibility index (Phi) is 7.52. The summed E-state index contributed by atoms with van der Waals surface area (Å²) in [6, 6.07) is 4.14. The van der Waals surface area contributed by atoms with Crippen LogP contribution in [-0.2, 0) is 19.6 Å². The minimum Gasteiger partial charge on any atom is -0.352 e. The summed E-state index contributed by atoms with van der Waals surface area (Å²) < 4.78 is 2.00. The summed E-state index contributed by atoms with van der Waals surface area (Å²) in [5, 5.41) is 16.5. The van der Waals surface area contributed by atoms with Gasteiger partial charge in [0.15, 0.2) is 11.8 Å². The number of rotatable bonds is 5. The average molecular weight is 406 g/mol. The summed E-state index contributed by atoms with van der Waals surface area (Å²) in [5.74, 6) is 1.67. The van der Waals surface area contributed by atoms with E-state index in [9.17, 15) is 0 Å². The average Bonchev–Trinajstić information content (AvgIpc) is 3.09. The molecule has 2 aromatic rings. The summed E-state index contributed by atoms with van der Waals surface area (Å²) in [5.41, 5.74) is 0. The maximum Gasteiger partial charge on any atom is 0.191 e. The van der Waals surface area contributed by atoms with Gasteiger partial charge >= 0.3 is 0 Å². The van der Waals surface area contributed by atoms with Crippen molar-refractivity contribution in [3.8, 4) is 0 Å². The number of nitrogens with one attached hydrogen (secondary N) is 2. The van der Waals surface area contributed by atoms with Crippen molar-refractivity contribution >= 4 is 41.3 Å². The van der Waals surface area contributed by atoms with Crippen molar-refractivity contribution in [2.75, 3.05) is 7.05 Å². The van der Waals surface area contributed by atoms with Gasteiger partial charge in [0.25, 0.3) is 0 Å². The van der Waals surface area contributed by atoms with E-state index in [-0.39, 0.29) is 24.0 Å². The van der Waals surface area contributed by atoms with E-state index in [1.54, 1.807) is 24.7 Å². The van der Waals surface area contributed by atoms with Crippen LogP contribution < -0.4 is 10.6 Å². The third kappa shape index (κ3) is 4.75. The van der Waals surface area contributed by atoms with Crippen LogP contribution in [0.1, 0.15) is 17.6 Å². The Morgan fingerprint density at radius 3 is 2.85 bits per heavy atom. The fourth-order valence-electron chi connectivity index (χ4n) is 1.65. The summed E-state index contributed by atoms with van der Waals surface area (Å²) in [7, 11) is 1.76. The molecule has 0 radical (unpaired) electrons. The van der Waals surface area contributed by atoms with Gasteiger partial charge in [-0.05, 0) is 18.4 Å². The van der Waals surface area contributed by atoms with Gasteiger partial charge in [-0.2, -0.15) is 0 Å². The molecule has 0 saturated heterocycles. The van der Waals surface area contributed by atoms with Gasteiger partial charge in [0.2, 0.25) is 0 Å². The normalized spacial score (nSPS) is 11.0. The van der Waals surface area contributed by atoms with Crippen LogP contribution in [0.25, 0.3) is 0 Å². The van der Waals surface area contributed by atoms with Gasteiger partial charge in [0, 0.05) is 18.5 Å². The lowest BCUT2D eigenvalue weighted by Gasteiger charge is -2.11. The van der Waals surface area contributed by atoms with Crippen molar-refractivity contribution in [2.24, 2.45) is 4.99 Å². The Balaban J connectivity index is 0.00000200. The second-order valence-corrected chi connectivity index (χ2v) is 4.92. The number of aliphatic imine (C=N–C) groups is 1. The molecule has 6 nitrogen and oxygen atoms in total. The molecular weight excluding hydrogens is 387 g/mol. The predicted molar refractivity (Wildman–Crippen MR) is 92.5 cm³/mol. The van der Waals surface area contributed by atoms with Gasteiger partial charge in [-0.15, -0.1) is 45.5 Å². The third-order valence-corrected chi connectivity index (χ3v) is 3.56. The fraction of sp³-hybridized carbons (Fsp3) is 0.417. The van der Waals surface area contributed by atoms with Crippen LogP contribution in [-0.4, -0.2) is 27.8 Å². The molecule has 0 spiro atoms. The van der Waals surface area contributed by atoms with E-state index >= 15 is 0 Å². The first-order valence-electron chi connectivity index (χ1n) is 6.17. The van der Waals surface area contributed by atoms with E-state index in [1.165, 1.54) is 4.88 Å². The third-order valence-electron chi connectivity index (χ3n) is 2.68. The molecule has 2 aromatic heterocycles. The maximum atomic E-state index is 4.18. The van der Waals surface area contributed by atoms with E-state index in [1.807, 2.05) is 10.6 Å². The summed E-state index contributed by atoms with van der Waals surface area (Å²) in [6.07, 6.45) is 1.73. The molecule has 0 aliphatic rings. The monoisotopic (exact) mass is 406 g/mol. The molecule has 110 valence electrons. The number of hydrogen-bond acceptors (Lipinski definition) is 4. The Labute approximate surface area is 139 Å². The highest BCUT2D eigenvalue weighted by molar-refractivity contribution is 14.0. The van der Waals surface area contributed by atoms with Crippen molar-refractivity contribution in [3.63, 3.8) is 0 Å². The molecule has 2 rings (SSSR count). The molecule has 0 bridgehead atoms. The maximum absolute atomic E-state index is 4.18. The summed E-state index contributed by atoms with van der Waals surface area (Å²) >= 11 is 1.73. The lowest BCUT2D eigenvalue weighted by Crippen LogP contribution is -2.36. The van der Waals surface area contributed by atoms with Crippen LogP contribution in [0.2, 0.25) is 0 Å². The second-order valence-electron chi connectivity index (χ2n) is 3.89. The van der Waals surface area contributed by atoms with Crippen LogP contribution >= 0.6 is 35.3 Å². The lowest BCUT2D eigenvalue weighted by atomic mass is 10.4. The molecule has 0 saturated carbocycles. The number of hydrogen-bond donors (Lipinski definition) is 2. The van der Waals surface area contributed by atoms with Crippen molar-refractivity contribution in [2.45, 2.75) is 26.6 Å². The predicted octanol–water partition coefficient (Wildman–Crippen LogP) is 1.84. The number of guanidine groups is 1. The van der Waals surface area contributed by atoms with E-state index in [0.717, 1.165) is 24.9 Å². The van der Waals surface area contributed by atoms with E-state index in [2.05, 4.69) is 44.2 Å². The van der Waals surface area contributed by atoms with Gasteiger partial charge in [0.1, 0.15) is 6.33 Å². The van der Waals surface area contributed by atoms with E-state index < -0.39 is 0 Å². The highest BCUT2D eigenvalue weighted by Gasteiger charge is 2.04. The quantitative estimate of drug-likeness (QED) is 0.452. The number of aryl methyl sites for hydroxylation is 1. The number of halogens is 1. The molecule has 0 fully saturated rings. The largest absolute Gasteiger partial charge is 0.352 e. The fourth-order valence-corrected chi connectivity index (χ4v) is 2.29. The first-order valence-corrected chi connectivity index (χ1v) is 7.05. The molecule has 0 aromatic carbocycles. The van der Waals surface area contributed by atoms with Crippen LogP contribution in [0.4, 0.5) is 0 Å². The van der Waals surface area contributed by atoms with Crippen LogP contribution in [0, 0.1) is 0 Å². The molecule has 0 atom stereocenters. The van der Waals surface area contributed by atoms with Crippen molar-refractivity contribution in [3.05, 3.63) is 34.5 Å². The molecule has 2 heterocycles. The number of nitrogens with zero attached hydrogens (tertiary/aromatic N) is 4.